The van der Waals surface area contributed by atoms with Crippen molar-refractivity contribution in [1.82, 2.24) is 19.1 Å². The third-order valence-corrected chi connectivity index (χ3v) is 13.1. The fourth-order valence-electron chi connectivity index (χ4n) is 10.3. The molecule has 0 unspecified atom stereocenters. The van der Waals surface area contributed by atoms with E-state index in [1.54, 1.807) is 0 Å². The Balaban J connectivity index is 1.14. The number of furan rings is 1. The van der Waals surface area contributed by atoms with Gasteiger partial charge in [0, 0.05) is 54.3 Å². The summed E-state index contributed by atoms with van der Waals surface area (Å²) in [4.78, 5) is 11.3. The van der Waals surface area contributed by atoms with E-state index < -0.39 is 0 Å². The molecule has 4 aromatic heterocycles. The molecule has 5 heteroatoms. The molecule has 5 nitrogen and oxygen atoms in total. The molecule has 0 atom stereocenters. The van der Waals surface area contributed by atoms with E-state index in [1.165, 1.54) is 10.8 Å². The maximum absolute atomic E-state index is 7.00. The second-order valence-corrected chi connectivity index (χ2v) is 16.5. The second kappa shape index (κ2) is 13.0. The number of hydrogen-bond donors (Lipinski definition) is 0. The zero-order chi connectivity index (χ0) is 41.2. The van der Waals surface area contributed by atoms with Crippen LogP contribution in [0.2, 0.25) is 0 Å². The van der Waals surface area contributed by atoms with Gasteiger partial charge in [0.25, 0.3) is 0 Å². The normalized spacial score (nSPS) is 12.1. The maximum atomic E-state index is 7.00. The summed E-state index contributed by atoms with van der Waals surface area (Å²) in [6.07, 6.45) is 0. The van der Waals surface area contributed by atoms with Crippen LogP contribution in [-0.4, -0.2) is 19.1 Å². The fourth-order valence-corrected chi connectivity index (χ4v) is 10.3. The van der Waals surface area contributed by atoms with E-state index >= 15 is 0 Å². The molecule has 0 N–H and O–H groups in total. The first kappa shape index (κ1) is 34.2. The quantitative estimate of drug-likeness (QED) is 0.167. The summed E-state index contributed by atoms with van der Waals surface area (Å²) in [6.45, 7) is 0. The average Bonchev–Trinajstić information content (AvgIpc) is 4.02. The van der Waals surface area contributed by atoms with Crippen LogP contribution in [0.1, 0.15) is 0 Å². The maximum Gasteiger partial charge on any atom is 0.235 e. The molecule has 63 heavy (non-hydrogen) atoms. The first-order chi connectivity index (χ1) is 31.3. The highest BCUT2D eigenvalue weighted by molar-refractivity contribution is 6.35. The molecule has 10 aromatic carbocycles. The lowest BCUT2D eigenvalue weighted by Gasteiger charge is -2.14. The number of hydrogen-bond acceptors (Lipinski definition) is 3. The van der Waals surface area contributed by atoms with Crippen LogP contribution in [0.5, 0.6) is 0 Å². The second-order valence-electron chi connectivity index (χ2n) is 16.5. The summed E-state index contributed by atoms with van der Waals surface area (Å²) in [5.41, 5.74) is 12.2. The minimum absolute atomic E-state index is 0.588. The third kappa shape index (κ3) is 4.87. The summed E-state index contributed by atoms with van der Waals surface area (Å²) < 4.78 is 11.6. The van der Waals surface area contributed by atoms with Crippen molar-refractivity contribution in [3.63, 3.8) is 0 Å². The zero-order valence-corrected chi connectivity index (χ0v) is 33.8. The van der Waals surface area contributed by atoms with Gasteiger partial charge in [0.05, 0.1) is 27.8 Å². The standard InChI is InChI=1S/C58H34N4O/c1-3-15-35(16-4-1)37-28-31-50-47(33-37)52-42-22-9-10-23-43(42)53-44-24-12-14-26-51(44)63-57(53)56(52)62(50)58-59-54(45-30-27-36-17-7-8-20-40(36)55(45)60-58)38-29-32-49-46(34-38)41-21-11-13-25-48(41)61(49)39-18-5-2-6-19-39/h1-34H. The molecule has 0 saturated carbocycles. The summed E-state index contributed by atoms with van der Waals surface area (Å²) in [7, 11) is 0. The zero-order valence-electron chi connectivity index (χ0n) is 33.8. The van der Waals surface area contributed by atoms with Crippen molar-refractivity contribution in [2.75, 3.05) is 0 Å². The first-order valence-electron chi connectivity index (χ1n) is 21.4. The van der Waals surface area contributed by atoms with E-state index in [1.807, 2.05) is 6.07 Å². The van der Waals surface area contributed by atoms with E-state index in [-0.39, 0.29) is 0 Å². The molecule has 0 aliphatic rings. The molecule has 0 radical (unpaired) electrons. The highest BCUT2D eigenvalue weighted by Gasteiger charge is 2.26. The van der Waals surface area contributed by atoms with Crippen LogP contribution in [0.15, 0.2) is 211 Å². The largest absolute Gasteiger partial charge is 0.454 e. The highest BCUT2D eigenvalue weighted by Crippen LogP contribution is 2.47. The van der Waals surface area contributed by atoms with Gasteiger partial charge in [-0.25, -0.2) is 9.97 Å². The van der Waals surface area contributed by atoms with Crippen molar-refractivity contribution in [3.8, 4) is 34.0 Å². The molecule has 14 rings (SSSR count). The molecule has 0 amide bonds. The smallest absolute Gasteiger partial charge is 0.235 e. The third-order valence-electron chi connectivity index (χ3n) is 13.1. The van der Waals surface area contributed by atoms with Gasteiger partial charge < -0.3 is 8.98 Å². The Hall–Kier alpha value is -8.54. The highest BCUT2D eigenvalue weighted by atomic mass is 16.3. The van der Waals surface area contributed by atoms with Crippen molar-refractivity contribution in [2.45, 2.75) is 0 Å². The van der Waals surface area contributed by atoms with Crippen LogP contribution in [0.25, 0.3) is 132 Å². The Bertz CT molecular complexity index is 4200. The molecule has 14 aromatic rings. The lowest BCUT2D eigenvalue weighted by Crippen LogP contribution is -2.04. The predicted molar refractivity (Wildman–Crippen MR) is 261 cm³/mol. The number of benzene rings is 10. The van der Waals surface area contributed by atoms with Gasteiger partial charge in [-0.2, -0.15) is 0 Å². The molecule has 0 spiro atoms. The Kier molecular flexibility index (Phi) is 7.05. The SMILES string of the molecule is c1ccc(-c2ccc3c(c2)c2c4ccccc4c4c5ccccc5oc4c2n3-c2nc(-c3ccc4c(c3)c3ccccc3n4-c3ccccc3)c3ccc4ccccc4c3n2)cc1. The van der Waals surface area contributed by atoms with Crippen molar-refractivity contribution >= 4 is 98.0 Å². The minimum atomic E-state index is 0.588. The number of para-hydroxylation sites is 3. The van der Waals surface area contributed by atoms with Gasteiger partial charge in [-0.05, 0) is 81.9 Å². The van der Waals surface area contributed by atoms with Crippen molar-refractivity contribution in [3.05, 3.63) is 206 Å². The minimum Gasteiger partial charge on any atom is -0.454 e. The van der Waals surface area contributed by atoms with Gasteiger partial charge in [0.1, 0.15) is 11.1 Å². The lowest BCUT2D eigenvalue weighted by atomic mass is 9.97. The van der Waals surface area contributed by atoms with Crippen LogP contribution in [0, 0.1) is 0 Å². The molecular formula is C58H34N4O. The van der Waals surface area contributed by atoms with Crippen LogP contribution in [-0.2, 0) is 0 Å². The van der Waals surface area contributed by atoms with Gasteiger partial charge in [-0.3, -0.25) is 4.57 Å². The van der Waals surface area contributed by atoms with Gasteiger partial charge in [-0.15, -0.1) is 0 Å². The van der Waals surface area contributed by atoms with Gasteiger partial charge in [-0.1, -0.05) is 152 Å². The first-order valence-corrected chi connectivity index (χ1v) is 21.4. The lowest BCUT2D eigenvalue weighted by molar-refractivity contribution is 0.671. The summed E-state index contributed by atoms with van der Waals surface area (Å²) >= 11 is 0. The van der Waals surface area contributed by atoms with E-state index in [0.717, 1.165) is 115 Å². The van der Waals surface area contributed by atoms with E-state index in [2.05, 4.69) is 209 Å². The average molecular weight is 803 g/mol. The number of aromatic nitrogens is 4. The molecule has 4 heterocycles. The number of fused-ring (bicyclic) bond motifs is 16. The Morgan fingerprint density at radius 3 is 1.81 bits per heavy atom. The summed E-state index contributed by atoms with van der Waals surface area (Å²) in [5.74, 6) is 0.588. The van der Waals surface area contributed by atoms with Crippen LogP contribution < -0.4 is 0 Å². The Morgan fingerprint density at radius 2 is 0.984 bits per heavy atom. The Morgan fingerprint density at radius 1 is 0.365 bits per heavy atom. The van der Waals surface area contributed by atoms with Crippen LogP contribution in [0.3, 0.4) is 0 Å². The van der Waals surface area contributed by atoms with Crippen LogP contribution >= 0.6 is 0 Å². The van der Waals surface area contributed by atoms with Gasteiger partial charge >= 0.3 is 0 Å². The molecule has 0 fully saturated rings. The molecule has 0 saturated heterocycles. The van der Waals surface area contributed by atoms with Crippen molar-refractivity contribution < 1.29 is 4.42 Å². The van der Waals surface area contributed by atoms with Crippen molar-refractivity contribution in [1.29, 1.82) is 0 Å². The fraction of sp³-hybridized carbons (Fsp3) is 0. The monoisotopic (exact) mass is 802 g/mol. The van der Waals surface area contributed by atoms with E-state index in [9.17, 15) is 0 Å². The van der Waals surface area contributed by atoms with Crippen molar-refractivity contribution in [2.24, 2.45) is 0 Å². The molecular weight excluding hydrogens is 769 g/mol. The predicted octanol–water partition coefficient (Wildman–Crippen LogP) is 15.4. The number of nitrogens with zero attached hydrogens (tertiary/aromatic N) is 4. The van der Waals surface area contributed by atoms with Gasteiger partial charge in [0.2, 0.25) is 5.95 Å². The molecule has 292 valence electrons. The van der Waals surface area contributed by atoms with Gasteiger partial charge in [0.15, 0.2) is 5.58 Å². The Labute approximate surface area is 360 Å². The van der Waals surface area contributed by atoms with Crippen LogP contribution in [0.4, 0.5) is 0 Å². The van der Waals surface area contributed by atoms with E-state index in [4.69, 9.17) is 14.4 Å². The molecule has 0 aliphatic carbocycles. The number of rotatable bonds is 4. The summed E-state index contributed by atoms with van der Waals surface area (Å²) in [6, 6.07) is 73.5. The molecule has 0 bridgehead atoms. The summed E-state index contributed by atoms with van der Waals surface area (Å²) in [5, 5.41) is 12.3. The molecule has 0 aliphatic heterocycles. The topological polar surface area (TPSA) is 48.8 Å². The van der Waals surface area contributed by atoms with E-state index in [0.29, 0.717) is 5.95 Å².